The molecule has 126 valence electrons. The Morgan fingerprint density at radius 3 is 2.18 bits per heavy atom. The Labute approximate surface area is 135 Å². The molecule has 1 aromatic rings. The molecule has 0 bridgehead atoms. The van der Waals surface area contributed by atoms with Gasteiger partial charge in [-0.1, -0.05) is 31.4 Å². The number of aryl methyl sites for hydroxylation is 2. The highest BCUT2D eigenvalue weighted by atomic mass is 32.2. The van der Waals surface area contributed by atoms with Crippen LogP contribution in [-0.4, -0.2) is 18.9 Å². The van der Waals surface area contributed by atoms with E-state index in [1.165, 1.54) is 0 Å². The zero-order chi connectivity index (χ0) is 16.8. The normalized spacial score (nSPS) is 12.6. The first-order valence-corrected chi connectivity index (χ1v) is 9.76. The van der Waals surface area contributed by atoms with Crippen LogP contribution in [0.1, 0.15) is 64.0 Å². The Bertz CT molecular complexity index is 571. The summed E-state index contributed by atoms with van der Waals surface area (Å²) in [4.78, 5) is 0. The number of halogens is 1. The third kappa shape index (κ3) is 6.07. The molecule has 0 saturated heterocycles. The number of benzene rings is 1. The van der Waals surface area contributed by atoms with Crippen LogP contribution in [0.15, 0.2) is 18.2 Å². The van der Waals surface area contributed by atoms with Crippen LogP contribution in [0.2, 0.25) is 0 Å². The van der Waals surface area contributed by atoms with Gasteiger partial charge in [0.15, 0.2) is 9.84 Å². The maximum Gasteiger partial charge on any atom is 0.155 e. The number of rotatable bonds is 8. The standard InChI is InChI=1S/C18H29FO2S/c1-15-11-12-16(14-17(15)19)10-8-6-5-7-9-13-22(20,21)18(2,3)4/h11-12,14H,5-10,13H2,1-4H3. The van der Waals surface area contributed by atoms with E-state index in [0.29, 0.717) is 5.56 Å². The highest BCUT2D eigenvalue weighted by Gasteiger charge is 2.27. The second-order valence-electron chi connectivity index (χ2n) is 7.03. The Hall–Kier alpha value is -0.900. The molecule has 0 aliphatic carbocycles. The van der Waals surface area contributed by atoms with Crippen molar-refractivity contribution in [3.8, 4) is 0 Å². The molecule has 0 heterocycles. The summed E-state index contributed by atoms with van der Waals surface area (Å²) in [6, 6.07) is 5.42. The van der Waals surface area contributed by atoms with Crippen molar-refractivity contribution in [3.05, 3.63) is 35.1 Å². The SMILES string of the molecule is Cc1ccc(CCCCCCCS(=O)(=O)C(C)(C)C)cc1F. The molecule has 4 heteroatoms. The predicted molar refractivity (Wildman–Crippen MR) is 91.5 cm³/mol. The third-order valence-corrected chi connectivity index (χ3v) is 6.74. The maximum atomic E-state index is 13.4. The van der Waals surface area contributed by atoms with Gasteiger partial charge in [-0.15, -0.1) is 0 Å². The molecule has 0 aromatic heterocycles. The van der Waals surface area contributed by atoms with Gasteiger partial charge in [-0.05, 0) is 64.2 Å². The van der Waals surface area contributed by atoms with Gasteiger partial charge in [0.05, 0.1) is 10.5 Å². The largest absolute Gasteiger partial charge is 0.228 e. The summed E-state index contributed by atoms with van der Waals surface area (Å²) in [7, 11) is -2.98. The molecule has 22 heavy (non-hydrogen) atoms. The lowest BCUT2D eigenvalue weighted by atomic mass is 10.0. The van der Waals surface area contributed by atoms with E-state index < -0.39 is 14.6 Å². The maximum absolute atomic E-state index is 13.4. The van der Waals surface area contributed by atoms with Crippen LogP contribution in [0.3, 0.4) is 0 Å². The molecule has 0 aliphatic rings. The van der Waals surface area contributed by atoms with E-state index in [2.05, 4.69) is 0 Å². The van der Waals surface area contributed by atoms with Crippen molar-refractivity contribution in [3.63, 3.8) is 0 Å². The monoisotopic (exact) mass is 328 g/mol. The Balaban J connectivity index is 2.17. The van der Waals surface area contributed by atoms with Gasteiger partial charge in [-0.25, -0.2) is 12.8 Å². The van der Waals surface area contributed by atoms with Crippen molar-refractivity contribution in [2.75, 3.05) is 5.75 Å². The Kier molecular flexibility index (Phi) is 7.04. The van der Waals surface area contributed by atoms with E-state index in [-0.39, 0.29) is 11.6 Å². The fourth-order valence-corrected chi connectivity index (χ4v) is 3.45. The summed E-state index contributed by atoms with van der Waals surface area (Å²) < 4.78 is 36.7. The second-order valence-corrected chi connectivity index (χ2v) is 9.90. The quantitative estimate of drug-likeness (QED) is 0.640. The van der Waals surface area contributed by atoms with Crippen molar-refractivity contribution in [1.82, 2.24) is 0 Å². The molecule has 0 unspecified atom stereocenters. The molecule has 1 rings (SSSR count). The summed E-state index contributed by atoms with van der Waals surface area (Å²) in [5.74, 6) is 0.143. The zero-order valence-electron chi connectivity index (χ0n) is 14.3. The first-order chi connectivity index (χ1) is 10.1. The van der Waals surface area contributed by atoms with Gasteiger partial charge in [0.2, 0.25) is 0 Å². The molecule has 0 N–H and O–H groups in total. The minimum absolute atomic E-state index is 0.134. The predicted octanol–water partition coefficient (Wildman–Crippen LogP) is 4.84. The summed E-state index contributed by atoms with van der Waals surface area (Å²) in [5.41, 5.74) is 1.72. The molecule has 0 spiro atoms. The Morgan fingerprint density at radius 1 is 1.00 bits per heavy atom. The van der Waals surface area contributed by atoms with Crippen molar-refractivity contribution >= 4 is 9.84 Å². The second kappa shape index (κ2) is 8.09. The van der Waals surface area contributed by atoms with E-state index in [1.54, 1.807) is 33.8 Å². The van der Waals surface area contributed by atoms with Crippen molar-refractivity contribution in [2.24, 2.45) is 0 Å². The Morgan fingerprint density at radius 2 is 1.59 bits per heavy atom. The average molecular weight is 328 g/mol. The average Bonchev–Trinajstić information content (AvgIpc) is 2.40. The molecule has 0 fully saturated rings. The van der Waals surface area contributed by atoms with Gasteiger partial charge in [-0.3, -0.25) is 0 Å². The van der Waals surface area contributed by atoms with Crippen LogP contribution in [0.4, 0.5) is 4.39 Å². The van der Waals surface area contributed by atoms with Crippen molar-refractivity contribution in [2.45, 2.75) is 71.0 Å². The van der Waals surface area contributed by atoms with Crippen LogP contribution < -0.4 is 0 Å². The molecule has 0 amide bonds. The lowest BCUT2D eigenvalue weighted by Gasteiger charge is -2.18. The van der Waals surface area contributed by atoms with Gasteiger partial charge in [0.1, 0.15) is 5.82 Å². The van der Waals surface area contributed by atoms with Gasteiger partial charge >= 0.3 is 0 Å². The lowest BCUT2D eigenvalue weighted by molar-refractivity contribution is 0.552. The summed E-state index contributed by atoms with van der Waals surface area (Å²) in [6.07, 6.45) is 5.68. The summed E-state index contributed by atoms with van der Waals surface area (Å²) in [5, 5.41) is 0. The highest BCUT2D eigenvalue weighted by molar-refractivity contribution is 7.92. The molecule has 0 atom stereocenters. The first-order valence-electron chi connectivity index (χ1n) is 8.11. The first kappa shape index (κ1) is 19.1. The van der Waals surface area contributed by atoms with Crippen LogP contribution >= 0.6 is 0 Å². The summed E-state index contributed by atoms with van der Waals surface area (Å²) in [6.45, 7) is 7.03. The molecular weight excluding hydrogens is 299 g/mol. The highest BCUT2D eigenvalue weighted by Crippen LogP contribution is 2.18. The van der Waals surface area contributed by atoms with E-state index in [4.69, 9.17) is 0 Å². The molecule has 1 aromatic carbocycles. The summed E-state index contributed by atoms with van der Waals surface area (Å²) >= 11 is 0. The van der Waals surface area contributed by atoms with Crippen molar-refractivity contribution in [1.29, 1.82) is 0 Å². The number of hydrogen-bond acceptors (Lipinski definition) is 2. The molecule has 0 saturated carbocycles. The number of hydrogen-bond donors (Lipinski definition) is 0. The van der Waals surface area contributed by atoms with Crippen molar-refractivity contribution < 1.29 is 12.8 Å². The minimum Gasteiger partial charge on any atom is -0.228 e. The zero-order valence-corrected chi connectivity index (χ0v) is 15.1. The van der Waals surface area contributed by atoms with Gasteiger partial charge < -0.3 is 0 Å². The fourth-order valence-electron chi connectivity index (χ4n) is 2.25. The smallest absolute Gasteiger partial charge is 0.155 e. The molecule has 0 aliphatic heterocycles. The number of unbranched alkanes of at least 4 members (excludes halogenated alkanes) is 4. The van der Waals surface area contributed by atoms with Gasteiger partial charge in [0, 0.05) is 0 Å². The van der Waals surface area contributed by atoms with E-state index in [1.807, 2.05) is 12.1 Å². The van der Waals surface area contributed by atoms with Gasteiger partial charge in [-0.2, -0.15) is 0 Å². The minimum atomic E-state index is -2.98. The molecule has 0 radical (unpaired) electrons. The fraction of sp³-hybridized carbons (Fsp3) is 0.667. The van der Waals surface area contributed by atoms with E-state index in [9.17, 15) is 12.8 Å². The topological polar surface area (TPSA) is 34.1 Å². The number of sulfone groups is 1. The van der Waals surface area contributed by atoms with Crippen LogP contribution in [0.25, 0.3) is 0 Å². The van der Waals surface area contributed by atoms with Gasteiger partial charge in [0.25, 0.3) is 0 Å². The lowest BCUT2D eigenvalue weighted by Crippen LogP contribution is -2.30. The van der Waals surface area contributed by atoms with E-state index >= 15 is 0 Å². The molecular formula is C18H29FO2S. The van der Waals surface area contributed by atoms with Crippen LogP contribution in [0, 0.1) is 12.7 Å². The molecule has 2 nitrogen and oxygen atoms in total. The van der Waals surface area contributed by atoms with Crippen LogP contribution in [0.5, 0.6) is 0 Å². The third-order valence-electron chi connectivity index (χ3n) is 4.05. The van der Waals surface area contributed by atoms with Crippen LogP contribution in [-0.2, 0) is 16.3 Å². The van der Waals surface area contributed by atoms with E-state index in [0.717, 1.165) is 44.1 Å².